The van der Waals surface area contributed by atoms with Crippen molar-refractivity contribution in [3.05, 3.63) is 66.9 Å². The molecule has 0 spiro atoms. The van der Waals surface area contributed by atoms with Crippen molar-refractivity contribution in [1.82, 2.24) is 20.2 Å². The number of hydrogen-bond acceptors (Lipinski definition) is 3. The number of para-hydroxylation sites is 1. The van der Waals surface area contributed by atoms with Gasteiger partial charge in [0.2, 0.25) is 0 Å². The van der Waals surface area contributed by atoms with Gasteiger partial charge in [0.1, 0.15) is 5.69 Å². The predicted molar refractivity (Wildman–Crippen MR) is 92.1 cm³/mol. The molecule has 2 aromatic carbocycles. The van der Waals surface area contributed by atoms with E-state index in [2.05, 4.69) is 45.5 Å². The van der Waals surface area contributed by atoms with E-state index in [1.165, 1.54) is 0 Å². The van der Waals surface area contributed by atoms with Gasteiger partial charge in [-0.3, -0.25) is 10.1 Å². The van der Waals surface area contributed by atoms with Gasteiger partial charge < -0.3 is 0 Å². The van der Waals surface area contributed by atoms with Crippen LogP contribution in [0.3, 0.4) is 0 Å². The Kier molecular flexibility index (Phi) is 2.46. The van der Waals surface area contributed by atoms with Crippen LogP contribution in [0.4, 0.5) is 0 Å². The molecule has 5 aromatic rings. The average molecular weight is 296 g/mol. The molecule has 5 rings (SSSR count). The first-order valence-corrected chi connectivity index (χ1v) is 7.48. The third-order valence-electron chi connectivity index (χ3n) is 4.15. The minimum atomic E-state index is 0.855. The lowest BCUT2D eigenvalue weighted by atomic mass is 10.1. The van der Waals surface area contributed by atoms with Crippen molar-refractivity contribution < 1.29 is 0 Å². The molecule has 0 atom stereocenters. The lowest BCUT2D eigenvalue weighted by Gasteiger charge is -2.04. The predicted octanol–water partition coefficient (Wildman–Crippen LogP) is 4.33. The molecule has 0 amide bonds. The molecule has 0 radical (unpaired) electrons. The van der Waals surface area contributed by atoms with E-state index in [4.69, 9.17) is 4.98 Å². The van der Waals surface area contributed by atoms with E-state index in [0.29, 0.717) is 0 Å². The van der Waals surface area contributed by atoms with Gasteiger partial charge in [0.25, 0.3) is 0 Å². The van der Waals surface area contributed by atoms with E-state index < -0.39 is 0 Å². The molecule has 0 fully saturated rings. The Labute approximate surface area is 131 Å². The lowest BCUT2D eigenvalue weighted by molar-refractivity contribution is 1.11. The maximum absolute atomic E-state index is 4.85. The van der Waals surface area contributed by atoms with Gasteiger partial charge in [-0.25, -0.2) is 4.98 Å². The molecule has 4 nitrogen and oxygen atoms in total. The molecule has 0 saturated carbocycles. The molecule has 1 N–H and O–H groups in total. The van der Waals surface area contributed by atoms with Crippen LogP contribution in [0.25, 0.3) is 44.1 Å². The SMILES string of the molecule is c1cnc2c(c1)ccc1ccc(-c3n[nH]c4ccccc34)nc12. The second kappa shape index (κ2) is 4.61. The van der Waals surface area contributed by atoms with Crippen molar-refractivity contribution in [3.63, 3.8) is 0 Å². The second-order valence-electron chi connectivity index (χ2n) is 5.53. The van der Waals surface area contributed by atoms with Crippen molar-refractivity contribution >= 4 is 32.7 Å². The van der Waals surface area contributed by atoms with Gasteiger partial charge >= 0.3 is 0 Å². The Morgan fingerprint density at radius 3 is 2.52 bits per heavy atom. The largest absolute Gasteiger partial charge is 0.277 e. The van der Waals surface area contributed by atoms with E-state index in [1.807, 2.05) is 30.3 Å². The van der Waals surface area contributed by atoms with Crippen LogP contribution in [0.15, 0.2) is 66.9 Å². The highest BCUT2D eigenvalue weighted by Gasteiger charge is 2.11. The van der Waals surface area contributed by atoms with Crippen LogP contribution < -0.4 is 0 Å². The Bertz CT molecular complexity index is 1170. The molecule has 3 aromatic heterocycles. The van der Waals surface area contributed by atoms with Crippen molar-refractivity contribution in [2.45, 2.75) is 0 Å². The number of benzene rings is 2. The van der Waals surface area contributed by atoms with Crippen molar-refractivity contribution in [2.75, 3.05) is 0 Å². The van der Waals surface area contributed by atoms with Gasteiger partial charge in [-0.1, -0.05) is 42.5 Å². The summed E-state index contributed by atoms with van der Waals surface area (Å²) in [4.78, 5) is 9.35. The van der Waals surface area contributed by atoms with Gasteiger partial charge in [-0.05, 0) is 18.2 Å². The Morgan fingerprint density at radius 1 is 0.739 bits per heavy atom. The van der Waals surface area contributed by atoms with Gasteiger partial charge in [0.15, 0.2) is 0 Å². The molecule has 108 valence electrons. The molecule has 23 heavy (non-hydrogen) atoms. The Balaban J connectivity index is 1.84. The summed E-state index contributed by atoms with van der Waals surface area (Å²) in [5.41, 5.74) is 4.57. The normalized spacial score (nSPS) is 11.5. The fraction of sp³-hybridized carbons (Fsp3) is 0. The summed E-state index contributed by atoms with van der Waals surface area (Å²) in [6.45, 7) is 0. The number of pyridine rings is 2. The van der Waals surface area contributed by atoms with E-state index in [9.17, 15) is 0 Å². The summed E-state index contributed by atoms with van der Waals surface area (Å²) < 4.78 is 0. The number of aromatic nitrogens is 4. The molecule has 0 aliphatic rings. The van der Waals surface area contributed by atoms with Crippen molar-refractivity contribution in [3.8, 4) is 11.4 Å². The van der Waals surface area contributed by atoms with Crippen LogP contribution >= 0.6 is 0 Å². The minimum absolute atomic E-state index is 0.855. The van der Waals surface area contributed by atoms with Gasteiger partial charge in [-0.2, -0.15) is 5.10 Å². The second-order valence-corrected chi connectivity index (χ2v) is 5.53. The van der Waals surface area contributed by atoms with Gasteiger partial charge in [0.05, 0.1) is 22.2 Å². The zero-order valence-corrected chi connectivity index (χ0v) is 12.2. The molecule has 4 heteroatoms. The van der Waals surface area contributed by atoms with Crippen LogP contribution in [0.5, 0.6) is 0 Å². The third kappa shape index (κ3) is 1.82. The Hall–Kier alpha value is -3.27. The molecular formula is C19H12N4. The molecular weight excluding hydrogens is 284 g/mol. The van der Waals surface area contributed by atoms with Crippen LogP contribution in [0.1, 0.15) is 0 Å². The smallest absolute Gasteiger partial charge is 0.118 e. The van der Waals surface area contributed by atoms with Crippen LogP contribution in [0, 0.1) is 0 Å². The zero-order chi connectivity index (χ0) is 15.2. The maximum Gasteiger partial charge on any atom is 0.118 e. The number of hydrogen-bond donors (Lipinski definition) is 1. The van der Waals surface area contributed by atoms with Crippen molar-refractivity contribution in [1.29, 1.82) is 0 Å². The Morgan fingerprint density at radius 2 is 1.57 bits per heavy atom. The first-order valence-electron chi connectivity index (χ1n) is 7.48. The molecule has 0 saturated heterocycles. The molecule has 0 aliphatic carbocycles. The summed E-state index contributed by atoms with van der Waals surface area (Å²) >= 11 is 0. The monoisotopic (exact) mass is 296 g/mol. The minimum Gasteiger partial charge on any atom is -0.277 e. The third-order valence-corrected chi connectivity index (χ3v) is 4.15. The number of nitrogens with zero attached hydrogens (tertiary/aromatic N) is 3. The van der Waals surface area contributed by atoms with E-state index >= 15 is 0 Å². The highest BCUT2D eigenvalue weighted by Crippen LogP contribution is 2.28. The van der Waals surface area contributed by atoms with Crippen LogP contribution in [-0.4, -0.2) is 20.2 Å². The summed E-state index contributed by atoms with van der Waals surface area (Å²) in [6.07, 6.45) is 1.81. The molecule has 0 unspecified atom stereocenters. The molecule has 0 bridgehead atoms. The number of rotatable bonds is 1. The fourth-order valence-corrected chi connectivity index (χ4v) is 3.01. The lowest BCUT2D eigenvalue weighted by Crippen LogP contribution is -1.89. The highest BCUT2D eigenvalue weighted by atomic mass is 15.1. The van der Waals surface area contributed by atoms with E-state index in [1.54, 1.807) is 6.20 Å². The van der Waals surface area contributed by atoms with Crippen molar-refractivity contribution in [2.24, 2.45) is 0 Å². The summed E-state index contributed by atoms with van der Waals surface area (Å²) in [5, 5.41) is 10.8. The number of nitrogens with one attached hydrogen (secondary N) is 1. The standard InChI is InChI=1S/C19H12N4/c1-2-6-15-14(5-1)19(23-22-15)16-10-9-13-8-7-12-4-3-11-20-17(12)18(13)21-16/h1-11H,(H,22,23). The summed E-state index contributed by atoms with van der Waals surface area (Å²) in [7, 11) is 0. The zero-order valence-electron chi connectivity index (χ0n) is 12.2. The fourth-order valence-electron chi connectivity index (χ4n) is 3.01. The quantitative estimate of drug-likeness (QED) is 0.468. The number of H-pyrrole nitrogens is 1. The number of aromatic amines is 1. The number of fused-ring (bicyclic) bond motifs is 4. The summed E-state index contributed by atoms with van der Waals surface area (Å²) in [6, 6.07) is 20.3. The van der Waals surface area contributed by atoms with Gasteiger partial charge in [-0.15, -0.1) is 0 Å². The first kappa shape index (κ1) is 12.3. The van der Waals surface area contributed by atoms with Crippen LogP contribution in [0.2, 0.25) is 0 Å². The highest BCUT2D eigenvalue weighted by molar-refractivity contribution is 6.04. The van der Waals surface area contributed by atoms with Gasteiger partial charge in [0, 0.05) is 22.4 Å². The first-order chi connectivity index (χ1) is 11.4. The van der Waals surface area contributed by atoms with E-state index in [-0.39, 0.29) is 0 Å². The molecule has 3 heterocycles. The summed E-state index contributed by atoms with van der Waals surface area (Å²) in [5.74, 6) is 0. The van der Waals surface area contributed by atoms with Crippen LogP contribution in [-0.2, 0) is 0 Å². The topological polar surface area (TPSA) is 54.5 Å². The van der Waals surface area contributed by atoms with E-state index in [0.717, 1.165) is 44.1 Å². The maximum atomic E-state index is 4.85. The average Bonchev–Trinajstić information content (AvgIpc) is 3.05. The molecule has 0 aliphatic heterocycles.